The molecule has 0 rings (SSSR count). The summed E-state index contributed by atoms with van der Waals surface area (Å²) in [5, 5.41) is 18.1. The molecule has 0 bridgehead atoms. The second-order valence-corrected chi connectivity index (χ2v) is 2.69. The predicted molar refractivity (Wildman–Crippen MR) is 41.9 cm³/mol. The van der Waals surface area contributed by atoms with Crippen LogP contribution in [0.4, 0.5) is 0 Å². The van der Waals surface area contributed by atoms with Crippen molar-refractivity contribution >= 4 is 17.3 Å². The van der Waals surface area contributed by atoms with Gasteiger partial charge in [0.1, 0.15) is 12.7 Å². The fourth-order valence-corrected chi connectivity index (χ4v) is 0.410. The van der Waals surface area contributed by atoms with Crippen molar-refractivity contribution in [2.45, 2.75) is 26.1 Å². The summed E-state index contributed by atoms with van der Waals surface area (Å²) < 4.78 is 4.79. The molecule has 10 heavy (non-hydrogen) atoms. The molecule has 0 radical (unpaired) electrons. The van der Waals surface area contributed by atoms with E-state index in [0.29, 0.717) is 5.05 Å². The largest absolute Gasteiger partial charge is 0.485 e. The minimum absolute atomic E-state index is 0.0625. The summed E-state index contributed by atoms with van der Waals surface area (Å²) in [6.07, 6.45) is -1.62. The minimum Gasteiger partial charge on any atom is -0.485 e. The van der Waals surface area contributed by atoms with Gasteiger partial charge in [-0.15, -0.1) is 0 Å². The van der Waals surface area contributed by atoms with Gasteiger partial charge in [-0.05, 0) is 19.1 Å². The van der Waals surface area contributed by atoms with E-state index in [0.717, 1.165) is 0 Å². The molecule has 0 aliphatic carbocycles. The molecule has 0 aliphatic rings. The van der Waals surface area contributed by atoms with E-state index in [9.17, 15) is 0 Å². The van der Waals surface area contributed by atoms with Crippen molar-refractivity contribution in [1.29, 1.82) is 0 Å². The third kappa shape index (κ3) is 4.67. The number of aliphatic hydroxyl groups is 2. The zero-order valence-electron chi connectivity index (χ0n) is 6.07. The lowest BCUT2D eigenvalue weighted by Crippen LogP contribution is -2.28. The predicted octanol–water partition coefficient (Wildman–Crippen LogP) is 0.0920. The maximum atomic E-state index is 8.94. The Labute approximate surface area is 65.6 Å². The first kappa shape index (κ1) is 9.81. The fourth-order valence-electron chi connectivity index (χ4n) is 0.342. The lowest BCUT2D eigenvalue weighted by Gasteiger charge is -2.13. The van der Waals surface area contributed by atoms with Gasteiger partial charge in [-0.25, -0.2) is 0 Å². The van der Waals surface area contributed by atoms with Gasteiger partial charge in [0.25, 0.3) is 0 Å². The van der Waals surface area contributed by atoms with E-state index in [1.807, 2.05) is 0 Å². The molecule has 0 saturated carbocycles. The van der Waals surface area contributed by atoms with Crippen LogP contribution in [-0.2, 0) is 4.74 Å². The Balaban J connectivity index is 3.39. The van der Waals surface area contributed by atoms with Gasteiger partial charge < -0.3 is 14.9 Å². The second-order valence-electron chi connectivity index (χ2n) is 2.11. The highest BCUT2D eigenvalue weighted by atomic mass is 32.1. The van der Waals surface area contributed by atoms with Gasteiger partial charge in [0.15, 0.2) is 5.05 Å². The molecule has 0 aliphatic heterocycles. The van der Waals surface area contributed by atoms with Crippen LogP contribution >= 0.6 is 12.2 Å². The van der Waals surface area contributed by atoms with Crippen LogP contribution in [0.3, 0.4) is 0 Å². The Hall–Kier alpha value is -0.190. The summed E-state index contributed by atoms with van der Waals surface area (Å²) in [5.74, 6) is 0. The van der Waals surface area contributed by atoms with Gasteiger partial charge in [-0.1, -0.05) is 0 Å². The molecule has 0 aromatic heterocycles. The average Bonchev–Trinajstić information content (AvgIpc) is 1.82. The van der Waals surface area contributed by atoms with Gasteiger partial charge in [0.05, 0.1) is 6.10 Å². The molecule has 2 N–H and O–H groups in total. The number of ether oxygens (including phenoxy) is 1. The number of hydrogen-bond acceptors (Lipinski definition) is 4. The highest BCUT2D eigenvalue weighted by Gasteiger charge is 2.10. The SMILES string of the molecule is CC(=S)OC[C@@H](O)[C@H](C)O. The summed E-state index contributed by atoms with van der Waals surface area (Å²) in [5.41, 5.74) is 0. The molecule has 0 aromatic rings. The summed E-state index contributed by atoms with van der Waals surface area (Å²) >= 11 is 4.59. The number of rotatable bonds is 3. The maximum absolute atomic E-state index is 8.94. The highest BCUT2D eigenvalue weighted by Crippen LogP contribution is 1.93. The molecule has 0 saturated heterocycles. The van der Waals surface area contributed by atoms with Gasteiger partial charge in [0.2, 0.25) is 0 Å². The fraction of sp³-hybridized carbons (Fsp3) is 0.833. The lowest BCUT2D eigenvalue weighted by atomic mass is 10.2. The zero-order valence-corrected chi connectivity index (χ0v) is 6.89. The van der Waals surface area contributed by atoms with E-state index in [1.165, 1.54) is 6.92 Å². The highest BCUT2D eigenvalue weighted by molar-refractivity contribution is 7.80. The van der Waals surface area contributed by atoms with E-state index in [-0.39, 0.29) is 6.61 Å². The quantitative estimate of drug-likeness (QED) is 0.580. The summed E-state index contributed by atoms with van der Waals surface area (Å²) in [6, 6.07) is 0. The third-order valence-electron chi connectivity index (χ3n) is 1.01. The lowest BCUT2D eigenvalue weighted by molar-refractivity contribution is -0.0000288. The van der Waals surface area contributed by atoms with Crippen LogP contribution in [0, 0.1) is 0 Å². The molecular weight excluding hydrogens is 152 g/mol. The van der Waals surface area contributed by atoms with Crippen molar-refractivity contribution in [3.8, 4) is 0 Å². The topological polar surface area (TPSA) is 49.7 Å². The van der Waals surface area contributed by atoms with Gasteiger partial charge in [0, 0.05) is 6.92 Å². The molecule has 0 fully saturated rings. The number of aliphatic hydroxyl groups excluding tert-OH is 2. The van der Waals surface area contributed by atoms with E-state index in [1.54, 1.807) is 6.92 Å². The molecule has 0 aromatic carbocycles. The molecule has 60 valence electrons. The summed E-state index contributed by atoms with van der Waals surface area (Å²) in [6.45, 7) is 3.17. The monoisotopic (exact) mass is 164 g/mol. The molecule has 4 heteroatoms. The Bertz CT molecular complexity index is 114. The molecule has 2 atom stereocenters. The van der Waals surface area contributed by atoms with Crippen molar-refractivity contribution in [2.75, 3.05) is 6.61 Å². The van der Waals surface area contributed by atoms with Crippen LogP contribution < -0.4 is 0 Å². The Morgan fingerprint density at radius 2 is 2.10 bits per heavy atom. The molecule has 0 heterocycles. The summed E-state index contributed by atoms with van der Waals surface area (Å²) in [7, 11) is 0. The Kier molecular flexibility index (Phi) is 4.51. The number of thiocarbonyl (C=S) groups is 1. The minimum atomic E-state index is -0.849. The second kappa shape index (κ2) is 4.60. The zero-order chi connectivity index (χ0) is 8.15. The normalized spacial score (nSPS) is 16.0. The van der Waals surface area contributed by atoms with Crippen LogP contribution in [0.5, 0.6) is 0 Å². The first-order valence-corrected chi connectivity index (χ1v) is 3.44. The molecular formula is C6H12O3S. The van der Waals surface area contributed by atoms with Crippen LogP contribution in [0.1, 0.15) is 13.8 Å². The Morgan fingerprint density at radius 3 is 2.40 bits per heavy atom. The van der Waals surface area contributed by atoms with Crippen LogP contribution in [0.2, 0.25) is 0 Å². The van der Waals surface area contributed by atoms with Crippen molar-refractivity contribution in [2.24, 2.45) is 0 Å². The molecule has 0 amide bonds. The van der Waals surface area contributed by atoms with Crippen molar-refractivity contribution in [1.82, 2.24) is 0 Å². The van der Waals surface area contributed by atoms with Crippen molar-refractivity contribution < 1.29 is 14.9 Å². The third-order valence-corrected chi connectivity index (χ3v) is 1.13. The molecule has 0 unspecified atom stereocenters. The van der Waals surface area contributed by atoms with E-state index < -0.39 is 12.2 Å². The van der Waals surface area contributed by atoms with Crippen molar-refractivity contribution in [3.05, 3.63) is 0 Å². The first-order chi connectivity index (χ1) is 4.54. The van der Waals surface area contributed by atoms with Crippen LogP contribution in [0.25, 0.3) is 0 Å². The summed E-state index contributed by atoms with van der Waals surface area (Å²) in [4.78, 5) is 0. The van der Waals surface area contributed by atoms with E-state index >= 15 is 0 Å². The Morgan fingerprint density at radius 1 is 1.60 bits per heavy atom. The van der Waals surface area contributed by atoms with Crippen LogP contribution in [0.15, 0.2) is 0 Å². The van der Waals surface area contributed by atoms with Gasteiger partial charge in [-0.3, -0.25) is 0 Å². The first-order valence-electron chi connectivity index (χ1n) is 3.03. The smallest absolute Gasteiger partial charge is 0.156 e. The number of hydrogen-bond donors (Lipinski definition) is 2. The average molecular weight is 164 g/mol. The van der Waals surface area contributed by atoms with Crippen LogP contribution in [-0.4, -0.2) is 34.1 Å². The van der Waals surface area contributed by atoms with Gasteiger partial charge in [-0.2, -0.15) is 0 Å². The maximum Gasteiger partial charge on any atom is 0.156 e. The molecule has 3 nitrogen and oxygen atoms in total. The van der Waals surface area contributed by atoms with Gasteiger partial charge >= 0.3 is 0 Å². The van der Waals surface area contributed by atoms with E-state index in [2.05, 4.69) is 12.2 Å². The standard InChI is InChI=1S/C6H12O3S/c1-4(7)6(8)3-9-5(2)10/h4,6-8H,3H2,1-2H3/t4-,6+/m0/s1. The molecule has 0 spiro atoms. The van der Waals surface area contributed by atoms with Crippen molar-refractivity contribution in [3.63, 3.8) is 0 Å². The van der Waals surface area contributed by atoms with E-state index in [4.69, 9.17) is 14.9 Å².